The summed E-state index contributed by atoms with van der Waals surface area (Å²) in [7, 11) is 0. The quantitative estimate of drug-likeness (QED) is 0.362. The number of hydrogen-bond acceptors (Lipinski definition) is 3. The average Bonchev–Trinajstić information content (AvgIpc) is 2.04. The highest BCUT2D eigenvalue weighted by Gasteiger charge is 2.08. The lowest BCUT2D eigenvalue weighted by molar-refractivity contribution is 0.151. The lowest BCUT2D eigenvalue weighted by atomic mass is 10.2. The molecule has 66 valence electrons. The first-order valence-electron chi connectivity index (χ1n) is 3.23. The third kappa shape index (κ3) is 1.62. The number of phenols is 1. The van der Waals surface area contributed by atoms with Gasteiger partial charge in [0.2, 0.25) is 0 Å². The molecule has 1 aromatic carbocycles. The topological polar surface area (TPSA) is 58.3 Å². The molecule has 0 bridgehead atoms. The second kappa shape index (κ2) is 3.36. The van der Waals surface area contributed by atoms with Gasteiger partial charge in [-0.1, -0.05) is 6.07 Å². The molecule has 0 saturated carbocycles. The Morgan fingerprint density at radius 3 is 2.50 bits per heavy atom. The zero-order chi connectivity index (χ0) is 9.14. The zero-order valence-corrected chi connectivity index (χ0v) is 6.09. The number of nitrogens with two attached hydrogens (primary N) is 1. The molecule has 0 fully saturated rings. The summed E-state index contributed by atoms with van der Waals surface area (Å²) in [6.07, 6.45) is -2.58. The third-order valence-corrected chi connectivity index (χ3v) is 1.43. The number of benzene rings is 1. The molecule has 0 radical (unpaired) electrons. The highest BCUT2D eigenvalue weighted by molar-refractivity contribution is 5.56. The molecule has 0 saturated heterocycles. The second-order valence-electron chi connectivity index (χ2n) is 2.22. The van der Waals surface area contributed by atoms with Crippen molar-refractivity contribution in [3.8, 4) is 5.75 Å². The summed E-state index contributed by atoms with van der Waals surface area (Å²) < 4.78 is 24.0. The van der Waals surface area contributed by atoms with Gasteiger partial charge in [0, 0.05) is 5.56 Å². The molecule has 0 atom stereocenters. The Labute approximate surface area is 67.8 Å². The smallest absolute Gasteiger partial charge is 0.263 e. The van der Waals surface area contributed by atoms with Crippen LogP contribution < -0.4 is 11.3 Å². The van der Waals surface area contributed by atoms with E-state index >= 15 is 0 Å². The van der Waals surface area contributed by atoms with E-state index < -0.39 is 6.43 Å². The Morgan fingerprint density at radius 1 is 1.42 bits per heavy atom. The molecule has 0 aliphatic carbocycles. The van der Waals surface area contributed by atoms with Crippen LogP contribution in [0.15, 0.2) is 18.2 Å². The lowest BCUT2D eigenvalue weighted by Crippen LogP contribution is -2.06. The summed E-state index contributed by atoms with van der Waals surface area (Å²) in [6, 6.07) is 3.45. The van der Waals surface area contributed by atoms with Crippen molar-refractivity contribution in [1.82, 2.24) is 0 Å². The second-order valence-corrected chi connectivity index (χ2v) is 2.22. The summed E-state index contributed by atoms with van der Waals surface area (Å²) in [6.45, 7) is 0. The number of halogens is 2. The fourth-order valence-electron chi connectivity index (χ4n) is 0.806. The van der Waals surface area contributed by atoms with Gasteiger partial charge in [0.15, 0.2) is 0 Å². The highest BCUT2D eigenvalue weighted by Crippen LogP contribution is 2.28. The third-order valence-electron chi connectivity index (χ3n) is 1.43. The van der Waals surface area contributed by atoms with Gasteiger partial charge < -0.3 is 10.5 Å². The maximum Gasteiger partial charge on any atom is 0.263 e. The molecular formula is C7H8F2N2O. The molecule has 1 aromatic rings. The van der Waals surface area contributed by atoms with Crippen LogP contribution in [0.4, 0.5) is 14.5 Å². The summed E-state index contributed by atoms with van der Waals surface area (Å²) in [5.74, 6) is 4.70. The van der Waals surface area contributed by atoms with E-state index in [1.54, 1.807) is 0 Å². The molecule has 0 amide bonds. The van der Waals surface area contributed by atoms with E-state index in [0.717, 1.165) is 6.07 Å². The average molecular weight is 174 g/mol. The monoisotopic (exact) mass is 174 g/mol. The van der Waals surface area contributed by atoms with Gasteiger partial charge in [-0.3, -0.25) is 5.84 Å². The lowest BCUT2D eigenvalue weighted by Gasteiger charge is -2.05. The summed E-state index contributed by atoms with van der Waals surface area (Å²) in [5.41, 5.74) is 2.16. The summed E-state index contributed by atoms with van der Waals surface area (Å²) in [4.78, 5) is 0. The van der Waals surface area contributed by atoms with Crippen LogP contribution in [0.1, 0.15) is 12.0 Å². The minimum Gasteiger partial charge on any atom is -0.506 e. The molecule has 0 unspecified atom stereocenters. The first-order chi connectivity index (χ1) is 5.65. The number of aromatic hydroxyl groups is 1. The van der Waals surface area contributed by atoms with Crippen LogP contribution in [-0.4, -0.2) is 5.11 Å². The summed E-state index contributed by atoms with van der Waals surface area (Å²) >= 11 is 0. The van der Waals surface area contributed by atoms with E-state index in [0.29, 0.717) is 0 Å². The van der Waals surface area contributed by atoms with Crippen molar-refractivity contribution in [2.24, 2.45) is 5.84 Å². The van der Waals surface area contributed by atoms with Gasteiger partial charge in [0.05, 0.1) is 5.69 Å². The van der Waals surface area contributed by atoms with Gasteiger partial charge in [-0.05, 0) is 12.1 Å². The van der Waals surface area contributed by atoms with Crippen molar-refractivity contribution in [2.75, 3.05) is 5.43 Å². The molecule has 1 rings (SSSR count). The van der Waals surface area contributed by atoms with Crippen molar-refractivity contribution < 1.29 is 13.9 Å². The van der Waals surface area contributed by atoms with E-state index in [-0.39, 0.29) is 17.0 Å². The minimum absolute atomic E-state index is 0.222. The largest absolute Gasteiger partial charge is 0.506 e. The number of hydrogen-bond donors (Lipinski definition) is 3. The Kier molecular flexibility index (Phi) is 2.44. The minimum atomic E-state index is -2.58. The zero-order valence-electron chi connectivity index (χ0n) is 6.09. The van der Waals surface area contributed by atoms with Gasteiger partial charge in [0.1, 0.15) is 5.75 Å². The van der Waals surface area contributed by atoms with Gasteiger partial charge in [-0.15, -0.1) is 0 Å². The number of alkyl halides is 2. The normalized spacial score (nSPS) is 10.3. The van der Waals surface area contributed by atoms with Crippen molar-refractivity contribution in [2.45, 2.75) is 6.43 Å². The van der Waals surface area contributed by atoms with Crippen molar-refractivity contribution in [1.29, 1.82) is 0 Å². The molecule has 0 spiro atoms. The standard InChI is InChI=1S/C7H8F2N2O/c8-7(9)4-1-2-5(11-10)6(12)3-4/h1-3,7,11-12H,10H2. The van der Waals surface area contributed by atoms with Crippen LogP contribution in [0, 0.1) is 0 Å². The van der Waals surface area contributed by atoms with Crippen LogP contribution in [-0.2, 0) is 0 Å². The van der Waals surface area contributed by atoms with E-state index in [9.17, 15) is 8.78 Å². The Morgan fingerprint density at radius 2 is 2.08 bits per heavy atom. The predicted molar refractivity (Wildman–Crippen MR) is 40.9 cm³/mol. The SMILES string of the molecule is NNc1ccc(C(F)F)cc1O. The number of nitrogens with one attached hydrogen (secondary N) is 1. The molecule has 0 aliphatic rings. The van der Waals surface area contributed by atoms with Crippen molar-refractivity contribution in [3.05, 3.63) is 23.8 Å². The van der Waals surface area contributed by atoms with Crippen molar-refractivity contribution in [3.63, 3.8) is 0 Å². The van der Waals surface area contributed by atoms with Crippen LogP contribution in [0.3, 0.4) is 0 Å². The Bertz CT molecular complexity index is 278. The molecular weight excluding hydrogens is 166 g/mol. The molecule has 0 aliphatic heterocycles. The van der Waals surface area contributed by atoms with E-state index in [1.165, 1.54) is 12.1 Å². The summed E-state index contributed by atoms with van der Waals surface area (Å²) in [5, 5.41) is 9.06. The first-order valence-corrected chi connectivity index (χ1v) is 3.23. The van der Waals surface area contributed by atoms with E-state index in [1.807, 2.05) is 0 Å². The van der Waals surface area contributed by atoms with Gasteiger partial charge >= 0.3 is 0 Å². The first kappa shape index (κ1) is 8.73. The van der Waals surface area contributed by atoms with Crippen LogP contribution >= 0.6 is 0 Å². The van der Waals surface area contributed by atoms with Crippen LogP contribution in [0.2, 0.25) is 0 Å². The van der Waals surface area contributed by atoms with Gasteiger partial charge in [-0.25, -0.2) is 8.78 Å². The predicted octanol–water partition coefficient (Wildman–Crippen LogP) is 1.62. The van der Waals surface area contributed by atoms with Crippen LogP contribution in [0.5, 0.6) is 5.75 Å². The Balaban J connectivity index is 3.02. The molecule has 5 heteroatoms. The molecule has 0 heterocycles. The fraction of sp³-hybridized carbons (Fsp3) is 0.143. The maximum absolute atomic E-state index is 12.0. The maximum atomic E-state index is 12.0. The Hall–Kier alpha value is -1.36. The highest BCUT2D eigenvalue weighted by atomic mass is 19.3. The van der Waals surface area contributed by atoms with Crippen molar-refractivity contribution >= 4 is 5.69 Å². The molecule has 3 nitrogen and oxygen atoms in total. The number of nitrogen functional groups attached to an aromatic ring is 1. The molecule has 4 N–H and O–H groups in total. The van der Waals surface area contributed by atoms with Gasteiger partial charge in [-0.2, -0.15) is 0 Å². The fourth-order valence-corrected chi connectivity index (χ4v) is 0.806. The number of anilines is 1. The molecule has 0 aromatic heterocycles. The number of hydrazine groups is 1. The number of phenolic OH excluding ortho intramolecular Hbond substituents is 1. The van der Waals surface area contributed by atoms with E-state index in [2.05, 4.69) is 5.43 Å². The number of rotatable bonds is 2. The van der Waals surface area contributed by atoms with Gasteiger partial charge in [0.25, 0.3) is 6.43 Å². The van der Waals surface area contributed by atoms with Crippen LogP contribution in [0.25, 0.3) is 0 Å². The molecule has 12 heavy (non-hydrogen) atoms. The van der Waals surface area contributed by atoms with E-state index in [4.69, 9.17) is 10.9 Å².